The molecule has 2 fully saturated rings. The van der Waals surface area contributed by atoms with Crippen LogP contribution in [0.4, 0.5) is 10.5 Å². The molecule has 0 unspecified atom stereocenters. The molecule has 4 rings (SSSR count). The average molecular weight is 408 g/mol. The fraction of sp³-hybridized carbons (Fsp3) is 0.417. The normalized spacial score (nSPS) is 17.1. The lowest BCUT2D eigenvalue weighted by Gasteiger charge is -2.35. The molecule has 2 aliphatic heterocycles. The van der Waals surface area contributed by atoms with Gasteiger partial charge in [-0.05, 0) is 49.9 Å². The Morgan fingerprint density at radius 3 is 2.17 bits per heavy atom. The number of piperidine rings is 1. The van der Waals surface area contributed by atoms with Crippen molar-refractivity contribution in [2.75, 3.05) is 38.1 Å². The van der Waals surface area contributed by atoms with Crippen LogP contribution in [-0.4, -0.2) is 55.0 Å². The van der Waals surface area contributed by atoms with Gasteiger partial charge in [-0.3, -0.25) is 4.79 Å². The summed E-state index contributed by atoms with van der Waals surface area (Å²) in [4.78, 5) is 31.3. The van der Waals surface area contributed by atoms with Crippen LogP contribution in [0.5, 0.6) is 11.5 Å². The Bertz CT molecular complexity index is 872. The molecule has 0 saturated carbocycles. The largest absolute Gasteiger partial charge is 0.455 e. The summed E-state index contributed by atoms with van der Waals surface area (Å²) in [6.07, 6.45) is 3.58. The molecule has 0 atom stereocenters. The van der Waals surface area contributed by atoms with Crippen LogP contribution in [0.1, 0.15) is 25.7 Å². The van der Waals surface area contributed by atoms with E-state index in [9.17, 15) is 9.59 Å². The van der Waals surface area contributed by atoms with Gasteiger partial charge in [-0.2, -0.15) is 0 Å². The summed E-state index contributed by atoms with van der Waals surface area (Å²) in [5.41, 5.74) is 0.752. The predicted octanol–water partition coefficient (Wildman–Crippen LogP) is 4.37. The SMILES string of the molecule is CN(C(=O)C1CCN(C(=O)N2CCCC2)CC1)c1ccccc1Oc1ccccc1. The van der Waals surface area contributed by atoms with Crippen LogP contribution in [0.2, 0.25) is 0 Å². The van der Waals surface area contributed by atoms with Crippen LogP contribution in [0, 0.1) is 5.92 Å². The van der Waals surface area contributed by atoms with Crippen molar-refractivity contribution in [1.82, 2.24) is 9.80 Å². The number of carbonyl (C=O) groups excluding carboxylic acids is 2. The molecule has 2 saturated heterocycles. The fourth-order valence-electron chi connectivity index (χ4n) is 4.25. The van der Waals surface area contributed by atoms with Gasteiger partial charge in [0.25, 0.3) is 0 Å². The Hall–Kier alpha value is -3.02. The third-order valence-electron chi connectivity index (χ3n) is 6.02. The summed E-state index contributed by atoms with van der Waals surface area (Å²) in [7, 11) is 1.80. The summed E-state index contributed by atoms with van der Waals surface area (Å²) >= 11 is 0. The van der Waals surface area contributed by atoms with E-state index in [0.29, 0.717) is 31.7 Å². The Morgan fingerprint density at radius 2 is 1.47 bits per heavy atom. The van der Waals surface area contributed by atoms with Crippen molar-refractivity contribution in [2.24, 2.45) is 5.92 Å². The molecule has 0 bridgehead atoms. The standard InChI is InChI=1S/C24H29N3O3/c1-25(21-11-5-6-12-22(21)30-20-9-3-2-4-10-20)23(28)19-13-17-27(18-14-19)24(29)26-15-7-8-16-26/h2-6,9-12,19H,7-8,13-18H2,1H3. The number of ether oxygens (including phenoxy) is 1. The lowest BCUT2D eigenvalue weighted by molar-refractivity contribution is -0.123. The molecule has 2 heterocycles. The minimum Gasteiger partial charge on any atom is -0.455 e. The van der Waals surface area contributed by atoms with Crippen LogP contribution in [0.3, 0.4) is 0 Å². The lowest BCUT2D eigenvalue weighted by Crippen LogP contribution is -2.48. The highest BCUT2D eigenvalue weighted by Crippen LogP contribution is 2.33. The number of likely N-dealkylation sites (tertiary alicyclic amines) is 2. The molecule has 0 radical (unpaired) electrons. The zero-order chi connectivity index (χ0) is 20.9. The monoisotopic (exact) mass is 407 g/mol. The van der Waals surface area contributed by atoms with Gasteiger partial charge in [-0.1, -0.05) is 30.3 Å². The zero-order valence-corrected chi connectivity index (χ0v) is 17.5. The lowest BCUT2D eigenvalue weighted by atomic mass is 9.95. The second-order valence-corrected chi connectivity index (χ2v) is 8.02. The molecule has 30 heavy (non-hydrogen) atoms. The van der Waals surface area contributed by atoms with E-state index in [1.165, 1.54) is 0 Å². The number of urea groups is 1. The minimum absolute atomic E-state index is 0.0763. The van der Waals surface area contributed by atoms with Crippen LogP contribution in [0.15, 0.2) is 54.6 Å². The highest BCUT2D eigenvalue weighted by Gasteiger charge is 2.32. The number of amides is 3. The van der Waals surface area contributed by atoms with Crippen molar-refractivity contribution in [2.45, 2.75) is 25.7 Å². The second kappa shape index (κ2) is 9.20. The maximum Gasteiger partial charge on any atom is 0.319 e. The summed E-state index contributed by atoms with van der Waals surface area (Å²) in [5.74, 6) is 1.38. The molecule has 0 aliphatic carbocycles. The molecular formula is C24H29N3O3. The van der Waals surface area contributed by atoms with Gasteiger partial charge >= 0.3 is 6.03 Å². The number of anilines is 1. The first-order valence-corrected chi connectivity index (χ1v) is 10.8. The van der Waals surface area contributed by atoms with E-state index in [2.05, 4.69) is 0 Å². The minimum atomic E-state index is -0.0811. The van der Waals surface area contributed by atoms with E-state index in [-0.39, 0.29) is 17.9 Å². The molecule has 2 aromatic rings. The van der Waals surface area contributed by atoms with Crippen molar-refractivity contribution in [3.63, 3.8) is 0 Å². The van der Waals surface area contributed by atoms with Crippen molar-refractivity contribution in [3.05, 3.63) is 54.6 Å². The molecule has 6 nitrogen and oxygen atoms in total. The smallest absolute Gasteiger partial charge is 0.319 e. The van der Waals surface area contributed by atoms with Crippen LogP contribution < -0.4 is 9.64 Å². The maximum atomic E-state index is 13.2. The van der Waals surface area contributed by atoms with Crippen molar-refractivity contribution >= 4 is 17.6 Å². The van der Waals surface area contributed by atoms with E-state index < -0.39 is 0 Å². The first kappa shape index (κ1) is 20.3. The number of hydrogen-bond acceptors (Lipinski definition) is 3. The Labute approximate surface area is 178 Å². The summed E-state index contributed by atoms with van der Waals surface area (Å²) in [5, 5.41) is 0. The number of benzene rings is 2. The Morgan fingerprint density at radius 1 is 0.867 bits per heavy atom. The Balaban J connectivity index is 1.39. The molecular weight excluding hydrogens is 378 g/mol. The number of rotatable bonds is 4. The molecule has 158 valence electrons. The number of nitrogens with zero attached hydrogens (tertiary/aromatic N) is 3. The maximum absolute atomic E-state index is 13.2. The topological polar surface area (TPSA) is 53.1 Å². The summed E-state index contributed by atoms with van der Waals surface area (Å²) < 4.78 is 6.02. The first-order valence-electron chi connectivity index (χ1n) is 10.8. The Kier molecular flexibility index (Phi) is 6.21. The summed E-state index contributed by atoms with van der Waals surface area (Å²) in [6.45, 7) is 3.00. The number of para-hydroxylation sites is 3. The van der Waals surface area contributed by atoms with Gasteiger partial charge in [0.05, 0.1) is 5.69 Å². The average Bonchev–Trinajstić information content (AvgIpc) is 3.34. The summed E-state index contributed by atoms with van der Waals surface area (Å²) in [6, 6.07) is 17.3. The molecule has 2 aliphatic rings. The van der Waals surface area contributed by atoms with Gasteiger partial charge in [-0.25, -0.2) is 4.79 Å². The van der Waals surface area contributed by atoms with Gasteiger partial charge in [-0.15, -0.1) is 0 Å². The van der Waals surface area contributed by atoms with Gasteiger partial charge < -0.3 is 19.4 Å². The van der Waals surface area contributed by atoms with E-state index in [4.69, 9.17) is 4.74 Å². The second-order valence-electron chi connectivity index (χ2n) is 8.02. The van der Waals surface area contributed by atoms with E-state index in [1.54, 1.807) is 11.9 Å². The number of carbonyl (C=O) groups is 2. The molecule has 2 aromatic carbocycles. The highest BCUT2D eigenvalue weighted by atomic mass is 16.5. The van der Waals surface area contributed by atoms with Crippen molar-refractivity contribution in [3.8, 4) is 11.5 Å². The fourth-order valence-corrected chi connectivity index (χ4v) is 4.25. The van der Waals surface area contributed by atoms with E-state index in [0.717, 1.165) is 37.4 Å². The van der Waals surface area contributed by atoms with E-state index in [1.807, 2.05) is 64.4 Å². The van der Waals surface area contributed by atoms with Crippen LogP contribution >= 0.6 is 0 Å². The quantitative estimate of drug-likeness (QED) is 0.756. The molecule has 0 spiro atoms. The first-order chi connectivity index (χ1) is 14.6. The van der Waals surface area contributed by atoms with E-state index >= 15 is 0 Å². The third kappa shape index (κ3) is 4.42. The molecule has 0 aromatic heterocycles. The van der Waals surface area contributed by atoms with Gasteiger partial charge in [0.2, 0.25) is 5.91 Å². The van der Waals surface area contributed by atoms with Crippen LogP contribution in [-0.2, 0) is 4.79 Å². The zero-order valence-electron chi connectivity index (χ0n) is 17.5. The van der Waals surface area contributed by atoms with Gasteiger partial charge in [0, 0.05) is 39.1 Å². The molecule has 6 heteroatoms. The van der Waals surface area contributed by atoms with Crippen molar-refractivity contribution in [1.29, 1.82) is 0 Å². The van der Waals surface area contributed by atoms with Gasteiger partial charge in [0.15, 0.2) is 5.75 Å². The van der Waals surface area contributed by atoms with Crippen molar-refractivity contribution < 1.29 is 14.3 Å². The molecule has 0 N–H and O–H groups in total. The van der Waals surface area contributed by atoms with Gasteiger partial charge in [0.1, 0.15) is 5.75 Å². The van der Waals surface area contributed by atoms with Crippen LogP contribution in [0.25, 0.3) is 0 Å². The molecule has 3 amide bonds. The highest BCUT2D eigenvalue weighted by molar-refractivity contribution is 5.96. The third-order valence-corrected chi connectivity index (χ3v) is 6.02. The predicted molar refractivity (Wildman–Crippen MR) is 117 cm³/mol. The number of hydrogen-bond donors (Lipinski definition) is 0.